The Hall–Kier alpha value is -2.18. The fraction of sp³-hybridized carbons (Fsp3) is 0.474. The lowest BCUT2D eigenvalue weighted by atomic mass is 10.0. The minimum absolute atomic E-state index is 0.0665. The fourth-order valence-electron chi connectivity index (χ4n) is 3.26. The molecule has 0 unspecified atom stereocenters. The number of anilines is 1. The van der Waals surface area contributed by atoms with Gasteiger partial charge in [-0.15, -0.1) is 0 Å². The van der Waals surface area contributed by atoms with Crippen LogP contribution in [0.25, 0.3) is 11.1 Å². The standard InChI is InChI=1S/C19H21F4N3/c20-11-17-24-12-16(13-7-9-14(10-8-13)19(21,22)23)18(26-17)25-15-5-3-1-2-4-6-15/h7-10,12,15H,1-6,11H2,(H,24,25,26). The molecule has 0 amide bonds. The van der Waals surface area contributed by atoms with Crippen molar-refractivity contribution in [2.75, 3.05) is 5.32 Å². The SMILES string of the molecule is FCc1ncc(-c2ccc(C(F)(F)F)cc2)c(NC2CCCCCC2)n1. The van der Waals surface area contributed by atoms with Crippen molar-refractivity contribution < 1.29 is 17.6 Å². The summed E-state index contributed by atoms with van der Waals surface area (Å²) in [5.41, 5.74) is 0.445. The van der Waals surface area contributed by atoms with Crippen molar-refractivity contribution in [3.63, 3.8) is 0 Å². The largest absolute Gasteiger partial charge is 0.416 e. The summed E-state index contributed by atoms with van der Waals surface area (Å²) >= 11 is 0. The van der Waals surface area contributed by atoms with Gasteiger partial charge in [-0.05, 0) is 30.5 Å². The van der Waals surface area contributed by atoms with Crippen LogP contribution in [-0.4, -0.2) is 16.0 Å². The zero-order chi connectivity index (χ0) is 18.6. The molecule has 1 aliphatic rings. The van der Waals surface area contributed by atoms with E-state index >= 15 is 0 Å². The molecule has 0 bridgehead atoms. The molecule has 1 fully saturated rings. The highest BCUT2D eigenvalue weighted by atomic mass is 19.4. The molecule has 1 heterocycles. The fourth-order valence-corrected chi connectivity index (χ4v) is 3.26. The van der Waals surface area contributed by atoms with Crippen LogP contribution in [0.5, 0.6) is 0 Å². The van der Waals surface area contributed by atoms with Crippen molar-refractivity contribution in [2.24, 2.45) is 0 Å². The van der Waals surface area contributed by atoms with Crippen molar-refractivity contribution in [3.05, 3.63) is 41.9 Å². The average molecular weight is 367 g/mol. The Morgan fingerprint density at radius 1 is 1.00 bits per heavy atom. The predicted octanol–water partition coefficient (Wildman–Crippen LogP) is 5.77. The normalized spacial score (nSPS) is 16.3. The van der Waals surface area contributed by atoms with Gasteiger partial charge in [0, 0.05) is 17.8 Å². The Balaban J connectivity index is 1.90. The van der Waals surface area contributed by atoms with Crippen molar-refractivity contribution in [3.8, 4) is 11.1 Å². The molecular weight excluding hydrogens is 346 g/mol. The molecule has 3 nitrogen and oxygen atoms in total. The Bertz CT molecular complexity index is 721. The van der Waals surface area contributed by atoms with Gasteiger partial charge in [0.1, 0.15) is 12.5 Å². The Morgan fingerprint density at radius 3 is 2.23 bits per heavy atom. The van der Waals surface area contributed by atoms with Gasteiger partial charge in [-0.2, -0.15) is 13.2 Å². The van der Waals surface area contributed by atoms with E-state index in [-0.39, 0.29) is 11.9 Å². The number of halogens is 4. The molecule has 1 N–H and O–H groups in total. The van der Waals surface area contributed by atoms with Crippen LogP contribution in [0.2, 0.25) is 0 Å². The van der Waals surface area contributed by atoms with E-state index < -0.39 is 18.4 Å². The van der Waals surface area contributed by atoms with E-state index in [1.807, 2.05) is 0 Å². The smallest absolute Gasteiger partial charge is 0.367 e. The van der Waals surface area contributed by atoms with Gasteiger partial charge in [0.05, 0.1) is 5.56 Å². The molecular formula is C19H21F4N3. The third kappa shape index (κ3) is 4.51. The molecule has 1 saturated carbocycles. The van der Waals surface area contributed by atoms with Crippen LogP contribution in [0.4, 0.5) is 23.4 Å². The molecule has 3 rings (SSSR count). The zero-order valence-electron chi connectivity index (χ0n) is 14.3. The van der Waals surface area contributed by atoms with E-state index in [1.165, 1.54) is 31.2 Å². The van der Waals surface area contributed by atoms with Gasteiger partial charge >= 0.3 is 6.18 Å². The molecule has 140 valence electrons. The molecule has 1 aromatic heterocycles. The van der Waals surface area contributed by atoms with Crippen LogP contribution in [0.15, 0.2) is 30.5 Å². The number of aromatic nitrogens is 2. The van der Waals surface area contributed by atoms with Crippen LogP contribution in [-0.2, 0) is 12.9 Å². The monoisotopic (exact) mass is 367 g/mol. The molecule has 0 aliphatic heterocycles. The summed E-state index contributed by atoms with van der Waals surface area (Å²) in [5, 5.41) is 3.37. The molecule has 7 heteroatoms. The van der Waals surface area contributed by atoms with E-state index in [9.17, 15) is 17.6 Å². The summed E-state index contributed by atoms with van der Waals surface area (Å²) in [6.45, 7) is -0.785. The Morgan fingerprint density at radius 2 is 1.65 bits per heavy atom. The lowest BCUT2D eigenvalue weighted by Gasteiger charge is -2.19. The second-order valence-corrected chi connectivity index (χ2v) is 6.59. The molecule has 0 spiro atoms. The van der Waals surface area contributed by atoms with Crippen molar-refractivity contribution in [1.82, 2.24) is 9.97 Å². The molecule has 0 atom stereocenters. The van der Waals surface area contributed by atoms with Crippen molar-refractivity contribution in [1.29, 1.82) is 0 Å². The van der Waals surface area contributed by atoms with Gasteiger partial charge in [-0.3, -0.25) is 0 Å². The third-order valence-electron chi connectivity index (χ3n) is 4.68. The first-order chi connectivity index (χ1) is 12.5. The summed E-state index contributed by atoms with van der Waals surface area (Å²) in [6, 6.07) is 5.10. The number of alkyl halides is 4. The lowest BCUT2D eigenvalue weighted by Crippen LogP contribution is -2.20. The number of nitrogens with zero attached hydrogens (tertiary/aromatic N) is 2. The summed E-state index contributed by atoms with van der Waals surface area (Å²) in [7, 11) is 0. The van der Waals surface area contributed by atoms with Crippen LogP contribution in [0.1, 0.15) is 49.9 Å². The molecule has 26 heavy (non-hydrogen) atoms. The minimum atomic E-state index is -4.38. The predicted molar refractivity (Wildman–Crippen MR) is 92.4 cm³/mol. The van der Waals surface area contributed by atoms with E-state index in [2.05, 4.69) is 15.3 Å². The van der Waals surface area contributed by atoms with Crippen LogP contribution in [0, 0.1) is 0 Å². The van der Waals surface area contributed by atoms with E-state index in [4.69, 9.17) is 0 Å². The maximum absolute atomic E-state index is 13.0. The number of nitrogens with one attached hydrogen (secondary N) is 1. The summed E-state index contributed by atoms with van der Waals surface area (Å²) < 4.78 is 51.3. The lowest BCUT2D eigenvalue weighted by molar-refractivity contribution is -0.137. The second-order valence-electron chi connectivity index (χ2n) is 6.59. The van der Waals surface area contributed by atoms with Crippen molar-refractivity contribution >= 4 is 5.82 Å². The molecule has 1 aromatic carbocycles. The van der Waals surface area contributed by atoms with Crippen LogP contribution >= 0.6 is 0 Å². The third-order valence-corrected chi connectivity index (χ3v) is 4.68. The maximum Gasteiger partial charge on any atom is 0.416 e. The summed E-state index contributed by atoms with van der Waals surface area (Å²) in [6.07, 6.45) is 3.73. The van der Waals surface area contributed by atoms with Gasteiger partial charge < -0.3 is 5.32 Å². The minimum Gasteiger partial charge on any atom is -0.367 e. The molecule has 2 aromatic rings. The zero-order valence-corrected chi connectivity index (χ0v) is 14.3. The first-order valence-corrected chi connectivity index (χ1v) is 8.83. The topological polar surface area (TPSA) is 37.8 Å². The number of hydrogen-bond donors (Lipinski definition) is 1. The number of hydrogen-bond acceptors (Lipinski definition) is 3. The number of rotatable bonds is 4. The highest BCUT2D eigenvalue weighted by molar-refractivity contribution is 5.74. The quantitative estimate of drug-likeness (QED) is 0.551. The Labute approximate surface area is 149 Å². The number of benzene rings is 1. The van der Waals surface area contributed by atoms with Crippen LogP contribution < -0.4 is 5.32 Å². The van der Waals surface area contributed by atoms with Gasteiger partial charge in [0.2, 0.25) is 0 Å². The van der Waals surface area contributed by atoms with Crippen LogP contribution in [0.3, 0.4) is 0 Å². The van der Waals surface area contributed by atoms with Gasteiger partial charge in [0.25, 0.3) is 0 Å². The summed E-state index contributed by atoms with van der Waals surface area (Å²) in [4.78, 5) is 8.21. The Kier molecular flexibility index (Phi) is 5.74. The van der Waals surface area contributed by atoms with Gasteiger partial charge in [-0.1, -0.05) is 37.8 Å². The highest BCUT2D eigenvalue weighted by Crippen LogP contribution is 2.33. The summed E-state index contributed by atoms with van der Waals surface area (Å²) in [5.74, 6) is 0.552. The van der Waals surface area contributed by atoms with Gasteiger partial charge in [-0.25, -0.2) is 14.4 Å². The van der Waals surface area contributed by atoms with E-state index in [0.717, 1.165) is 37.8 Å². The second kappa shape index (κ2) is 8.01. The van der Waals surface area contributed by atoms with E-state index in [1.54, 1.807) is 0 Å². The highest BCUT2D eigenvalue weighted by Gasteiger charge is 2.30. The first-order valence-electron chi connectivity index (χ1n) is 8.83. The average Bonchev–Trinajstić information content (AvgIpc) is 2.90. The van der Waals surface area contributed by atoms with Gasteiger partial charge in [0.15, 0.2) is 5.82 Å². The maximum atomic E-state index is 13.0. The first kappa shape index (κ1) is 18.6. The van der Waals surface area contributed by atoms with E-state index in [0.29, 0.717) is 16.9 Å². The van der Waals surface area contributed by atoms with Crippen molar-refractivity contribution in [2.45, 2.75) is 57.4 Å². The molecule has 0 saturated heterocycles. The molecule has 0 radical (unpaired) electrons. The molecule has 1 aliphatic carbocycles.